The Hall–Kier alpha value is -0.610. The zero-order chi connectivity index (χ0) is 11.3. The number of carbonyl (C=O) groups excluding carboxylic acids is 1. The van der Waals surface area contributed by atoms with Gasteiger partial charge in [0.1, 0.15) is 0 Å². The maximum atomic E-state index is 11.7. The number of ether oxygens (including phenoxy) is 1. The molecule has 2 unspecified atom stereocenters. The Morgan fingerprint density at radius 3 is 2.93 bits per heavy atom. The molecule has 4 nitrogen and oxygen atoms in total. The predicted octanol–water partition coefficient (Wildman–Crippen LogP) is 0.609. The molecule has 1 saturated heterocycles. The summed E-state index contributed by atoms with van der Waals surface area (Å²) in [5, 5.41) is 0. The standard InChI is InChI=1S/C11H22N2O2/c1-3-15-7-5-11(14)13-6-4-9(2)10(12)8-13/h9-10H,3-8,12H2,1-2H3. The van der Waals surface area contributed by atoms with E-state index >= 15 is 0 Å². The molecule has 2 atom stereocenters. The summed E-state index contributed by atoms with van der Waals surface area (Å²) < 4.78 is 5.16. The molecule has 1 heterocycles. The van der Waals surface area contributed by atoms with Gasteiger partial charge in [0.25, 0.3) is 0 Å². The van der Waals surface area contributed by atoms with Crippen LogP contribution < -0.4 is 5.73 Å². The number of carbonyl (C=O) groups is 1. The molecule has 15 heavy (non-hydrogen) atoms. The van der Waals surface area contributed by atoms with Crippen LogP contribution in [0, 0.1) is 5.92 Å². The normalized spacial score (nSPS) is 26.7. The molecule has 1 rings (SSSR count). The topological polar surface area (TPSA) is 55.6 Å². The molecule has 4 heteroatoms. The minimum absolute atomic E-state index is 0.134. The second-order valence-electron chi connectivity index (χ2n) is 4.22. The molecule has 0 spiro atoms. The number of hydrogen-bond donors (Lipinski definition) is 1. The van der Waals surface area contributed by atoms with Gasteiger partial charge < -0.3 is 15.4 Å². The Balaban J connectivity index is 2.28. The van der Waals surface area contributed by atoms with Crippen LogP contribution in [0.15, 0.2) is 0 Å². The first-order chi connectivity index (χ1) is 7.15. The third-order valence-corrected chi connectivity index (χ3v) is 3.03. The van der Waals surface area contributed by atoms with Crippen molar-refractivity contribution in [3.8, 4) is 0 Å². The lowest BCUT2D eigenvalue weighted by molar-refractivity contribution is -0.134. The fourth-order valence-electron chi connectivity index (χ4n) is 1.79. The van der Waals surface area contributed by atoms with E-state index in [1.54, 1.807) is 0 Å². The lowest BCUT2D eigenvalue weighted by Gasteiger charge is -2.35. The molecule has 0 aromatic heterocycles. The average molecular weight is 214 g/mol. The van der Waals surface area contributed by atoms with Gasteiger partial charge in [0.05, 0.1) is 13.0 Å². The van der Waals surface area contributed by atoms with Crippen LogP contribution in [-0.2, 0) is 9.53 Å². The fourth-order valence-corrected chi connectivity index (χ4v) is 1.79. The number of likely N-dealkylation sites (tertiary alicyclic amines) is 1. The van der Waals surface area contributed by atoms with Crippen molar-refractivity contribution in [1.29, 1.82) is 0 Å². The molecular formula is C11H22N2O2. The summed E-state index contributed by atoms with van der Waals surface area (Å²) in [5.74, 6) is 0.701. The van der Waals surface area contributed by atoms with Crippen molar-refractivity contribution in [2.45, 2.75) is 32.7 Å². The summed E-state index contributed by atoms with van der Waals surface area (Å²) in [6.45, 7) is 6.82. The highest BCUT2D eigenvalue weighted by atomic mass is 16.5. The number of amides is 1. The van der Waals surface area contributed by atoms with Crippen molar-refractivity contribution in [1.82, 2.24) is 4.90 Å². The van der Waals surface area contributed by atoms with Gasteiger partial charge in [-0.25, -0.2) is 0 Å². The van der Waals surface area contributed by atoms with E-state index in [2.05, 4.69) is 6.92 Å². The van der Waals surface area contributed by atoms with E-state index in [9.17, 15) is 4.79 Å². The number of piperidine rings is 1. The van der Waals surface area contributed by atoms with Crippen LogP contribution in [0.2, 0.25) is 0 Å². The van der Waals surface area contributed by atoms with Gasteiger partial charge in [-0.15, -0.1) is 0 Å². The SMILES string of the molecule is CCOCCC(=O)N1CCC(C)C(N)C1. The number of nitrogens with zero attached hydrogens (tertiary/aromatic N) is 1. The van der Waals surface area contributed by atoms with Crippen molar-refractivity contribution in [3.05, 3.63) is 0 Å². The van der Waals surface area contributed by atoms with Crippen LogP contribution >= 0.6 is 0 Å². The molecule has 1 aliphatic rings. The molecule has 1 amide bonds. The molecule has 2 N–H and O–H groups in total. The fraction of sp³-hybridized carbons (Fsp3) is 0.909. The first kappa shape index (κ1) is 12.5. The first-order valence-corrected chi connectivity index (χ1v) is 5.76. The smallest absolute Gasteiger partial charge is 0.224 e. The zero-order valence-electron chi connectivity index (χ0n) is 9.74. The molecule has 0 saturated carbocycles. The highest BCUT2D eigenvalue weighted by Crippen LogP contribution is 2.15. The van der Waals surface area contributed by atoms with E-state index in [-0.39, 0.29) is 11.9 Å². The van der Waals surface area contributed by atoms with Crippen molar-refractivity contribution < 1.29 is 9.53 Å². The van der Waals surface area contributed by atoms with Crippen molar-refractivity contribution in [2.75, 3.05) is 26.3 Å². The Morgan fingerprint density at radius 2 is 2.33 bits per heavy atom. The third kappa shape index (κ3) is 3.80. The Labute approximate surface area is 91.8 Å². The van der Waals surface area contributed by atoms with E-state index in [1.165, 1.54) is 0 Å². The molecule has 0 bridgehead atoms. The number of rotatable bonds is 4. The van der Waals surface area contributed by atoms with E-state index < -0.39 is 0 Å². The Bertz CT molecular complexity index is 209. The van der Waals surface area contributed by atoms with E-state index in [0.29, 0.717) is 32.1 Å². The maximum Gasteiger partial charge on any atom is 0.224 e. The molecule has 1 fully saturated rings. The summed E-state index contributed by atoms with van der Waals surface area (Å²) in [6, 6.07) is 0.134. The third-order valence-electron chi connectivity index (χ3n) is 3.03. The van der Waals surface area contributed by atoms with Gasteiger partial charge in [0.15, 0.2) is 0 Å². The molecule has 0 radical (unpaired) electrons. The van der Waals surface area contributed by atoms with Gasteiger partial charge in [-0.2, -0.15) is 0 Å². The summed E-state index contributed by atoms with van der Waals surface area (Å²) in [7, 11) is 0. The first-order valence-electron chi connectivity index (χ1n) is 5.76. The van der Waals surface area contributed by atoms with Crippen LogP contribution in [0.1, 0.15) is 26.7 Å². The molecule has 1 aliphatic heterocycles. The van der Waals surface area contributed by atoms with Gasteiger partial charge in [-0.05, 0) is 19.3 Å². The molecular weight excluding hydrogens is 192 g/mol. The van der Waals surface area contributed by atoms with E-state index in [4.69, 9.17) is 10.5 Å². The van der Waals surface area contributed by atoms with Gasteiger partial charge >= 0.3 is 0 Å². The summed E-state index contributed by atoms with van der Waals surface area (Å²) in [4.78, 5) is 13.6. The average Bonchev–Trinajstić information content (AvgIpc) is 2.22. The molecule has 0 aromatic carbocycles. The summed E-state index contributed by atoms with van der Waals surface area (Å²) >= 11 is 0. The van der Waals surface area contributed by atoms with Crippen LogP contribution in [0.25, 0.3) is 0 Å². The van der Waals surface area contributed by atoms with E-state index in [0.717, 1.165) is 13.0 Å². The largest absolute Gasteiger partial charge is 0.381 e. The second-order valence-corrected chi connectivity index (χ2v) is 4.22. The minimum Gasteiger partial charge on any atom is -0.381 e. The molecule has 0 aliphatic carbocycles. The minimum atomic E-state index is 0.134. The van der Waals surface area contributed by atoms with Crippen LogP contribution in [0.3, 0.4) is 0 Å². The van der Waals surface area contributed by atoms with Crippen LogP contribution in [0.4, 0.5) is 0 Å². The van der Waals surface area contributed by atoms with Crippen molar-refractivity contribution in [2.24, 2.45) is 11.7 Å². The number of nitrogens with two attached hydrogens (primary N) is 1. The predicted molar refractivity (Wildman–Crippen MR) is 59.4 cm³/mol. The Morgan fingerprint density at radius 1 is 1.60 bits per heavy atom. The zero-order valence-corrected chi connectivity index (χ0v) is 9.74. The van der Waals surface area contributed by atoms with Gasteiger partial charge in [-0.3, -0.25) is 4.79 Å². The van der Waals surface area contributed by atoms with Crippen LogP contribution in [0.5, 0.6) is 0 Å². The van der Waals surface area contributed by atoms with Crippen molar-refractivity contribution >= 4 is 5.91 Å². The van der Waals surface area contributed by atoms with Gasteiger partial charge in [-0.1, -0.05) is 6.92 Å². The lowest BCUT2D eigenvalue weighted by atomic mass is 9.94. The maximum absolute atomic E-state index is 11.7. The number of hydrogen-bond acceptors (Lipinski definition) is 3. The molecule has 0 aromatic rings. The monoisotopic (exact) mass is 214 g/mol. The quantitative estimate of drug-likeness (QED) is 0.698. The molecule has 88 valence electrons. The highest BCUT2D eigenvalue weighted by molar-refractivity contribution is 5.76. The highest BCUT2D eigenvalue weighted by Gasteiger charge is 2.25. The summed E-state index contributed by atoms with van der Waals surface area (Å²) in [6.07, 6.45) is 1.50. The van der Waals surface area contributed by atoms with Crippen LogP contribution in [-0.4, -0.2) is 43.2 Å². The van der Waals surface area contributed by atoms with Crippen molar-refractivity contribution in [3.63, 3.8) is 0 Å². The van der Waals surface area contributed by atoms with Gasteiger partial charge in [0.2, 0.25) is 5.91 Å². The second kappa shape index (κ2) is 6.08. The van der Waals surface area contributed by atoms with E-state index in [1.807, 2.05) is 11.8 Å². The van der Waals surface area contributed by atoms with Gasteiger partial charge in [0, 0.05) is 25.7 Å². The summed E-state index contributed by atoms with van der Waals surface area (Å²) in [5.41, 5.74) is 5.94. The lowest BCUT2D eigenvalue weighted by Crippen LogP contribution is -2.49. The Kier molecular flexibility index (Phi) is 5.05.